The van der Waals surface area contributed by atoms with Crippen molar-refractivity contribution in [2.45, 2.75) is 66.8 Å². The number of carboxylic acid groups (broad SMARTS) is 1. The van der Waals surface area contributed by atoms with E-state index < -0.39 is 5.97 Å². The summed E-state index contributed by atoms with van der Waals surface area (Å²) in [7, 11) is 1.82. The maximum atomic E-state index is 11.9. The molecule has 1 saturated heterocycles. The quantitative estimate of drug-likeness (QED) is 0.507. The smallest absolute Gasteiger partial charge is 0.307 e. The van der Waals surface area contributed by atoms with Gasteiger partial charge in [0.25, 0.3) is 0 Å². The molecule has 2 aliphatic rings. The lowest BCUT2D eigenvalue weighted by Crippen LogP contribution is -2.38. The van der Waals surface area contributed by atoms with Gasteiger partial charge in [0.2, 0.25) is 0 Å². The number of hydrogen-bond donors (Lipinski definition) is 2. The van der Waals surface area contributed by atoms with Crippen LogP contribution in [0.3, 0.4) is 0 Å². The van der Waals surface area contributed by atoms with E-state index in [0.29, 0.717) is 5.41 Å². The summed E-state index contributed by atoms with van der Waals surface area (Å²) in [5, 5.41) is 9.77. The molecule has 0 unspecified atom stereocenters. The number of benzene rings is 1. The molecule has 0 saturated carbocycles. The van der Waals surface area contributed by atoms with Crippen molar-refractivity contribution in [3.8, 4) is 11.1 Å². The fraction of sp³-hybridized carbons (Fsp3) is 0.516. The van der Waals surface area contributed by atoms with E-state index in [1.807, 2.05) is 27.0 Å². The van der Waals surface area contributed by atoms with Gasteiger partial charge in [-0.25, -0.2) is 0 Å². The predicted molar refractivity (Wildman–Crippen MR) is 156 cm³/mol. The predicted octanol–water partition coefficient (Wildman–Crippen LogP) is 4.91. The molecule has 1 fully saturated rings. The van der Waals surface area contributed by atoms with E-state index >= 15 is 0 Å². The second kappa shape index (κ2) is 11.3. The Morgan fingerprint density at radius 1 is 1.16 bits per heavy atom. The van der Waals surface area contributed by atoms with Crippen LogP contribution in [-0.4, -0.2) is 59.9 Å². The number of hydrogen-bond acceptors (Lipinski definition) is 6. The van der Waals surface area contributed by atoms with E-state index in [4.69, 9.17) is 10.7 Å². The van der Waals surface area contributed by atoms with Crippen molar-refractivity contribution < 1.29 is 9.90 Å². The lowest BCUT2D eigenvalue weighted by atomic mass is 9.82. The second-order valence-corrected chi connectivity index (χ2v) is 11.8. The van der Waals surface area contributed by atoms with Crippen LogP contribution in [0.25, 0.3) is 11.1 Å². The summed E-state index contributed by atoms with van der Waals surface area (Å²) in [4.78, 5) is 26.0. The molecule has 4 rings (SSSR count). The van der Waals surface area contributed by atoms with Gasteiger partial charge in [0.1, 0.15) is 0 Å². The third-order valence-electron chi connectivity index (χ3n) is 8.07. The lowest BCUT2D eigenvalue weighted by molar-refractivity contribution is -0.136. The molecule has 3 N–H and O–H groups in total. The number of aliphatic carboxylic acids is 1. The van der Waals surface area contributed by atoms with Crippen molar-refractivity contribution in [2.75, 3.05) is 38.1 Å². The monoisotopic (exact) mass is 517 g/mol. The summed E-state index contributed by atoms with van der Waals surface area (Å²) < 4.78 is 0. The van der Waals surface area contributed by atoms with E-state index in [2.05, 4.69) is 53.8 Å². The van der Waals surface area contributed by atoms with Crippen LogP contribution in [0.2, 0.25) is 0 Å². The van der Waals surface area contributed by atoms with E-state index in [0.717, 1.165) is 97.2 Å². The second-order valence-electron chi connectivity index (χ2n) is 11.8. The molecule has 7 nitrogen and oxygen atoms in total. The molecule has 38 heavy (non-hydrogen) atoms. The Hall–Kier alpha value is -3.19. The molecule has 0 amide bonds. The zero-order chi connectivity index (χ0) is 27.6. The van der Waals surface area contributed by atoms with Crippen molar-refractivity contribution in [1.82, 2.24) is 9.88 Å². The highest BCUT2D eigenvalue weighted by molar-refractivity contribution is 5.97. The van der Waals surface area contributed by atoms with Gasteiger partial charge in [-0.05, 0) is 68.2 Å². The maximum Gasteiger partial charge on any atom is 0.307 e. The molecule has 204 valence electrons. The number of aryl methyl sites for hydroxylation is 2. The van der Waals surface area contributed by atoms with Crippen molar-refractivity contribution in [3.05, 3.63) is 58.1 Å². The number of aromatic nitrogens is 1. The van der Waals surface area contributed by atoms with Gasteiger partial charge >= 0.3 is 5.97 Å². The summed E-state index contributed by atoms with van der Waals surface area (Å²) in [6.45, 7) is 15.0. The summed E-state index contributed by atoms with van der Waals surface area (Å²) >= 11 is 0. The van der Waals surface area contributed by atoms with Gasteiger partial charge in [-0.15, -0.1) is 0 Å². The van der Waals surface area contributed by atoms with Gasteiger partial charge in [0, 0.05) is 68.0 Å². The summed E-state index contributed by atoms with van der Waals surface area (Å²) in [5.74, 6) is -0.816. The molecule has 2 aliphatic heterocycles. The zero-order valence-corrected chi connectivity index (χ0v) is 23.9. The number of carboxylic acids is 1. The van der Waals surface area contributed by atoms with E-state index in [-0.39, 0.29) is 6.42 Å². The van der Waals surface area contributed by atoms with Crippen LogP contribution in [0.5, 0.6) is 0 Å². The van der Waals surface area contributed by atoms with E-state index in [9.17, 15) is 9.90 Å². The third-order valence-corrected chi connectivity index (χ3v) is 8.07. The molecule has 1 aromatic carbocycles. The van der Waals surface area contributed by atoms with Crippen LogP contribution < -0.4 is 10.6 Å². The van der Waals surface area contributed by atoms with Crippen LogP contribution in [0.4, 0.5) is 5.69 Å². The molecule has 7 heteroatoms. The van der Waals surface area contributed by atoms with Gasteiger partial charge in [-0.3, -0.25) is 19.7 Å². The van der Waals surface area contributed by atoms with Crippen molar-refractivity contribution in [3.63, 3.8) is 0 Å². The zero-order valence-electron chi connectivity index (χ0n) is 23.9. The number of pyridine rings is 1. The first-order chi connectivity index (χ1) is 18.0. The molecule has 2 aromatic rings. The van der Waals surface area contributed by atoms with Crippen LogP contribution in [0, 0.1) is 19.3 Å². The average Bonchev–Trinajstić information content (AvgIpc) is 2.84. The van der Waals surface area contributed by atoms with Crippen molar-refractivity contribution in [1.29, 1.82) is 0 Å². The number of nitrogens with zero attached hydrogens (tertiary/aromatic N) is 4. The van der Waals surface area contributed by atoms with Crippen LogP contribution in [-0.2, 0) is 24.2 Å². The highest BCUT2D eigenvalue weighted by Crippen LogP contribution is 2.42. The fourth-order valence-electron chi connectivity index (χ4n) is 5.84. The Bertz CT molecular complexity index is 1260. The van der Waals surface area contributed by atoms with E-state index in [1.165, 1.54) is 11.1 Å². The molecular formula is C31H43N5O2. The third kappa shape index (κ3) is 6.26. The topological polar surface area (TPSA) is 95.0 Å². The number of allylic oxidation sites excluding steroid dienone is 1. The molecule has 3 heterocycles. The van der Waals surface area contributed by atoms with Crippen LogP contribution >= 0.6 is 0 Å². The van der Waals surface area contributed by atoms with Gasteiger partial charge in [-0.1, -0.05) is 32.0 Å². The Balaban J connectivity index is 1.71. The molecule has 0 atom stereocenters. The van der Waals surface area contributed by atoms with Gasteiger partial charge in [0.05, 0.1) is 17.8 Å². The summed E-state index contributed by atoms with van der Waals surface area (Å²) in [6, 6.07) is 6.75. The SMILES string of the molecule is CN=C(C=C(C)N)CN1CCc2cc(-c3c(C)nc(C)c(CC(=O)O)c3N3CCC(C)(C)CC3)ccc2C1. The number of nitrogens with two attached hydrogens (primary N) is 1. The molecule has 0 aliphatic carbocycles. The van der Waals surface area contributed by atoms with Gasteiger partial charge in [-0.2, -0.15) is 0 Å². The number of anilines is 1. The average molecular weight is 518 g/mol. The van der Waals surface area contributed by atoms with Gasteiger partial charge in [0.15, 0.2) is 0 Å². The minimum absolute atomic E-state index is 0.0146. The first-order valence-corrected chi connectivity index (χ1v) is 13.7. The minimum atomic E-state index is -0.816. The lowest BCUT2D eigenvalue weighted by Gasteiger charge is -2.40. The van der Waals surface area contributed by atoms with Crippen LogP contribution in [0.1, 0.15) is 61.7 Å². The number of rotatable bonds is 7. The normalized spacial score (nSPS) is 18.4. The van der Waals surface area contributed by atoms with Crippen LogP contribution in [0.15, 0.2) is 35.0 Å². The number of fused-ring (bicyclic) bond motifs is 1. The Labute approximate surface area is 227 Å². The number of aliphatic imine (C=N–C) groups is 1. The summed E-state index contributed by atoms with van der Waals surface area (Å²) in [6.07, 6.45) is 5.06. The fourth-order valence-corrected chi connectivity index (χ4v) is 5.84. The summed E-state index contributed by atoms with van der Waals surface area (Å²) in [5.41, 5.74) is 16.5. The van der Waals surface area contributed by atoms with Crippen molar-refractivity contribution >= 4 is 17.4 Å². The Kier molecular flexibility index (Phi) is 8.26. The standard InChI is InChI=1S/C31H43N5O2/c1-20(32)15-26(33-6)19-35-12-9-23-16-24(7-8-25(23)18-35)29-22(3)34-21(2)27(17-28(37)38)30(29)36-13-10-31(4,5)11-14-36/h7-8,15-16H,9-14,17-19,32H2,1-6H3,(H,37,38). The van der Waals surface area contributed by atoms with Crippen molar-refractivity contribution in [2.24, 2.45) is 16.1 Å². The largest absolute Gasteiger partial charge is 0.481 e. The first kappa shape index (κ1) is 27.8. The minimum Gasteiger partial charge on any atom is -0.481 e. The highest BCUT2D eigenvalue weighted by atomic mass is 16.4. The molecule has 0 radical (unpaired) electrons. The molecule has 0 spiro atoms. The van der Waals surface area contributed by atoms with E-state index in [1.54, 1.807) is 0 Å². The molecular weight excluding hydrogens is 474 g/mol. The number of carbonyl (C=O) groups is 1. The highest BCUT2D eigenvalue weighted by Gasteiger charge is 2.30. The molecule has 1 aromatic heterocycles. The Morgan fingerprint density at radius 3 is 2.50 bits per heavy atom. The maximum absolute atomic E-state index is 11.9. The molecule has 0 bridgehead atoms. The number of piperidine rings is 1. The Morgan fingerprint density at radius 2 is 1.87 bits per heavy atom. The van der Waals surface area contributed by atoms with Gasteiger partial charge < -0.3 is 15.7 Å². The first-order valence-electron chi connectivity index (χ1n) is 13.7.